The maximum atomic E-state index is 13.1. The van der Waals surface area contributed by atoms with Crippen molar-refractivity contribution in [2.45, 2.75) is 45.7 Å². The number of rotatable bonds is 6. The Kier molecular flexibility index (Phi) is 5.66. The van der Waals surface area contributed by atoms with Crippen LogP contribution in [0.1, 0.15) is 37.6 Å². The number of aliphatic hydroxyl groups excluding tert-OH is 1. The summed E-state index contributed by atoms with van der Waals surface area (Å²) in [7, 11) is 0. The van der Waals surface area contributed by atoms with E-state index in [0.717, 1.165) is 36.6 Å². The third-order valence-electron chi connectivity index (χ3n) is 6.40. The van der Waals surface area contributed by atoms with E-state index in [0.29, 0.717) is 23.5 Å². The molecule has 1 aliphatic heterocycles. The lowest BCUT2D eigenvalue weighted by Crippen LogP contribution is -2.25. The standard InChI is InChI=1S/C25H29N7O2/c1-4-31-23(34)20-14-28-24(29-18-6-5-17-13-26-9-7-16(17)11-18)30-22(20)32(31)19-8-10-27-21(12-19)25(2,3)15-33/h5-6,8,10-12,14,26,33H,4,7,9,13,15H2,1-3H3,(H,28,29,30). The highest BCUT2D eigenvalue weighted by Crippen LogP contribution is 2.25. The van der Waals surface area contributed by atoms with Gasteiger partial charge in [-0.15, -0.1) is 0 Å². The van der Waals surface area contributed by atoms with Crippen LogP contribution in [0.25, 0.3) is 16.7 Å². The Labute approximate surface area is 197 Å². The Morgan fingerprint density at radius 3 is 2.82 bits per heavy atom. The van der Waals surface area contributed by atoms with Crippen LogP contribution in [0, 0.1) is 0 Å². The average Bonchev–Trinajstić information content (AvgIpc) is 3.14. The van der Waals surface area contributed by atoms with Gasteiger partial charge in [-0.2, -0.15) is 4.98 Å². The smallest absolute Gasteiger partial charge is 0.278 e. The third-order valence-corrected chi connectivity index (χ3v) is 6.40. The number of aliphatic hydroxyl groups is 1. The van der Waals surface area contributed by atoms with Gasteiger partial charge in [0.05, 0.1) is 18.0 Å². The summed E-state index contributed by atoms with van der Waals surface area (Å²) in [5, 5.41) is 16.9. The van der Waals surface area contributed by atoms with Crippen molar-refractivity contribution < 1.29 is 5.11 Å². The average molecular weight is 460 g/mol. The molecule has 0 spiro atoms. The second-order valence-corrected chi connectivity index (χ2v) is 9.24. The molecule has 9 nitrogen and oxygen atoms in total. The van der Waals surface area contributed by atoms with Gasteiger partial charge in [0.15, 0.2) is 5.65 Å². The van der Waals surface area contributed by atoms with Gasteiger partial charge in [-0.1, -0.05) is 19.9 Å². The van der Waals surface area contributed by atoms with E-state index in [1.165, 1.54) is 11.1 Å². The van der Waals surface area contributed by atoms with Crippen LogP contribution in [0.3, 0.4) is 0 Å². The maximum absolute atomic E-state index is 13.1. The van der Waals surface area contributed by atoms with Gasteiger partial charge in [-0.25, -0.2) is 14.3 Å². The molecule has 34 heavy (non-hydrogen) atoms. The fourth-order valence-corrected chi connectivity index (χ4v) is 4.32. The molecule has 4 aromatic rings. The van der Waals surface area contributed by atoms with Crippen molar-refractivity contribution in [2.75, 3.05) is 18.5 Å². The summed E-state index contributed by atoms with van der Waals surface area (Å²) in [5.41, 5.74) is 4.89. The lowest BCUT2D eigenvalue weighted by molar-refractivity contribution is 0.215. The molecule has 0 bridgehead atoms. The van der Waals surface area contributed by atoms with Crippen LogP contribution in [0.15, 0.2) is 47.5 Å². The number of anilines is 2. The molecule has 1 aliphatic rings. The van der Waals surface area contributed by atoms with E-state index in [4.69, 9.17) is 4.98 Å². The summed E-state index contributed by atoms with van der Waals surface area (Å²) in [5.74, 6) is 0.424. The molecule has 0 saturated heterocycles. The Morgan fingerprint density at radius 2 is 2.03 bits per heavy atom. The van der Waals surface area contributed by atoms with E-state index in [2.05, 4.69) is 32.7 Å². The second-order valence-electron chi connectivity index (χ2n) is 9.24. The number of benzene rings is 1. The SMILES string of the molecule is CCn1c(=O)c2cnc(Nc3ccc4c(c3)CCNC4)nc2n1-c1ccnc(C(C)(C)CO)c1. The maximum Gasteiger partial charge on any atom is 0.278 e. The fourth-order valence-electron chi connectivity index (χ4n) is 4.32. The summed E-state index contributed by atoms with van der Waals surface area (Å²) in [6.45, 7) is 8.07. The summed E-state index contributed by atoms with van der Waals surface area (Å²) < 4.78 is 3.45. The predicted molar refractivity (Wildman–Crippen MR) is 132 cm³/mol. The molecule has 176 valence electrons. The first-order valence-electron chi connectivity index (χ1n) is 11.6. The Bertz CT molecular complexity index is 1420. The second kappa shape index (κ2) is 8.66. The van der Waals surface area contributed by atoms with E-state index in [1.54, 1.807) is 17.1 Å². The summed E-state index contributed by atoms with van der Waals surface area (Å²) >= 11 is 0. The minimum absolute atomic E-state index is 0.0382. The quantitative estimate of drug-likeness (QED) is 0.407. The predicted octanol–water partition coefficient (Wildman–Crippen LogP) is 2.66. The molecule has 0 saturated carbocycles. The lowest BCUT2D eigenvalue weighted by atomic mass is 9.90. The van der Waals surface area contributed by atoms with Gasteiger partial charge in [-0.05, 0) is 55.3 Å². The minimum atomic E-state index is -0.514. The monoisotopic (exact) mass is 459 g/mol. The molecule has 4 heterocycles. The molecule has 0 aliphatic carbocycles. The molecule has 0 amide bonds. The summed E-state index contributed by atoms with van der Waals surface area (Å²) in [4.78, 5) is 26.7. The van der Waals surface area contributed by atoms with Crippen LogP contribution in [0.2, 0.25) is 0 Å². The molecule has 3 N–H and O–H groups in total. The lowest BCUT2D eigenvalue weighted by Gasteiger charge is -2.22. The topological polar surface area (TPSA) is 110 Å². The van der Waals surface area contributed by atoms with Gasteiger partial charge < -0.3 is 15.7 Å². The molecular weight excluding hydrogens is 430 g/mol. The van der Waals surface area contributed by atoms with E-state index in [1.807, 2.05) is 43.7 Å². The largest absolute Gasteiger partial charge is 0.395 e. The van der Waals surface area contributed by atoms with Gasteiger partial charge in [-0.3, -0.25) is 9.78 Å². The van der Waals surface area contributed by atoms with Crippen LogP contribution < -0.4 is 16.2 Å². The molecule has 3 aromatic heterocycles. The molecule has 0 atom stereocenters. The van der Waals surface area contributed by atoms with Gasteiger partial charge in [0, 0.05) is 36.6 Å². The fraction of sp³-hybridized carbons (Fsp3) is 0.360. The first kappa shape index (κ1) is 22.2. The number of hydrogen-bond acceptors (Lipinski definition) is 7. The minimum Gasteiger partial charge on any atom is -0.395 e. The van der Waals surface area contributed by atoms with Crippen LogP contribution in [0.4, 0.5) is 11.6 Å². The van der Waals surface area contributed by atoms with Crippen molar-refractivity contribution >= 4 is 22.7 Å². The third kappa shape index (κ3) is 3.86. The number of pyridine rings is 1. The van der Waals surface area contributed by atoms with E-state index in [9.17, 15) is 9.90 Å². The van der Waals surface area contributed by atoms with E-state index < -0.39 is 5.41 Å². The van der Waals surface area contributed by atoms with Crippen molar-refractivity contribution in [1.82, 2.24) is 29.6 Å². The van der Waals surface area contributed by atoms with Crippen LogP contribution >= 0.6 is 0 Å². The zero-order valence-electron chi connectivity index (χ0n) is 19.7. The first-order valence-corrected chi connectivity index (χ1v) is 11.6. The van der Waals surface area contributed by atoms with Crippen LogP contribution in [0.5, 0.6) is 0 Å². The number of aromatic nitrogens is 5. The number of nitrogens with one attached hydrogen (secondary N) is 2. The molecule has 9 heteroatoms. The Balaban J connectivity index is 1.60. The number of nitrogens with zero attached hydrogens (tertiary/aromatic N) is 5. The number of hydrogen-bond donors (Lipinski definition) is 3. The zero-order chi connectivity index (χ0) is 23.9. The molecule has 5 rings (SSSR count). The Hall–Kier alpha value is -3.56. The highest BCUT2D eigenvalue weighted by atomic mass is 16.3. The molecule has 0 fully saturated rings. The van der Waals surface area contributed by atoms with Crippen molar-refractivity contribution in [1.29, 1.82) is 0 Å². The summed E-state index contributed by atoms with van der Waals surface area (Å²) in [6, 6.07) is 10.0. The van der Waals surface area contributed by atoms with Gasteiger partial charge >= 0.3 is 0 Å². The van der Waals surface area contributed by atoms with Crippen molar-refractivity contribution in [3.8, 4) is 5.69 Å². The van der Waals surface area contributed by atoms with Crippen LogP contribution in [-0.2, 0) is 24.9 Å². The van der Waals surface area contributed by atoms with E-state index in [-0.39, 0.29) is 12.2 Å². The molecule has 0 unspecified atom stereocenters. The van der Waals surface area contributed by atoms with Crippen molar-refractivity contribution in [3.63, 3.8) is 0 Å². The van der Waals surface area contributed by atoms with Crippen molar-refractivity contribution in [2.24, 2.45) is 0 Å². The van der Waals surface area contributed by atoms with Gasteiger partial charge in [0.25, 0.3) is 5.56 Å². The first-order chi connectivity index (χ1) is 16.4. The normalized spacial score (nSPS) is 13.8. The van der Waals surface area contributed by atoms with Crippen molar-refractivity contribution in [3.05, 3.63) is 69.9 Å². The summed E-state index contributed by atoms with van der Waals surface area (Å²) in [6.07, 6.45) is 4.26. The molecular formula is C25H29N7O2. The number of fused-ring (bicyclic) bond motifs is 2. The van der Waals surface area contributed by atoms with Gasteiger partial charge in [0.1, 0.15) is 5.39 Å². The molecule has 1 aromatic carbocycles. The van der Waals surface area contributed by atoms with Crippen LogP contribution in [-0.4, -0.2) is 42.6 Å². The zero-order valence-corrected chi connectivity index (χ0v) is 19.7. The molecule has 0 radical (unpaired) electrons. The highest BCUT2D eigenvalue weighted by molar-refractivity contribution is 5.77. The Morgan fingerprint density at radius 1 is 1.18 bits per heavy atom. The highest BCUT2D eigenvalue weighted by Gasteiger charge is 2.23. The van der Waals surface area contributed by atoms with E-state index >= 15 is 0 Å². The van der Waals surface area contributed by atoms with Gasteiger partial charge in [0.2, 0.25) is 5.95 Å².